The molecule has 170 valence electrons. The van der Waals surface area contributed by atoms with Gasteiger partial charge in [0.2, 0.25) is 0 Å². The third kappa shape index (κ3) is 6.79. The van der Waals surface area contributed by atoms with Gasteiger partial charge in [-0.15, -0.1) is 0 Å². The molecule has 3 rings (SSSR count). The summed E-state index contributed by atoms with van der Waals surface area (Å²) in [6, 6.07) is 5.49. The standard InChI is InChI=1S/C23H35BN2O5/c1-26(2,3)12-11-25-19-9-7-16(8-10-19)13-20(27)15-18-14-17-5-4-6-21(23(28)29)22(17)31-24(18)30/h4-6,16,18-19,25,30H,7-15H2,1-3H3/p+1/t16?,18-,19?/m1/s1. The molecule has 1 saturated carbocycles. The number of ketones is 1. The number of likely N-dealkylation sites (N-methyl/N-ethyl adjacent to an activating group) is 1. The maximum absolute atomic E-state index is 12.7. The highest BCUT2D eigenvalue weighted by molar-refractivity contribution is 6.47. The number of carboxylic acids is 1. The van der Waals surface area contributed by atoms with Gasteiger partial charge in [0.1, 0.15) is 11.5 Å². The number of carboxylic acid groups (broad SMARTS) is 1. The van der Waals surface area contributed by atoms with E-state index in [0.29, 0.717) is 24.8 Å². The summed E-state index contributed by atoms with van der Waals surface area (Å²) < 4.78 is 6.47. The minimum Gasteiger partial charge on any atom is -0.535 e. The number of rotatable bonds is 9. The average Bonchev–Trinajstić information content (AvgIpc) is 2.68. The fourth-order valence-electron chi connectivity index (χ4n) is 4.70. The minimum atomic E-state index is -1.15. The molecule has 1 aromatic carbocycles. The van der Waals surface area contributed by atoms with Crippen LogP contribution in [-0.2, 0) is 11.2 Å². The van der Waals surface area contributed by atoms with Crippen molar-refractivity contribution in [1.29, 1.82) is 0 Å². The average molecular weight is 431 g/mol. The normalized spacial score (nSPS) is 23.7. The number of nitrogens with zero attached hydrogens (tertiary/aromatic N) is 1. The lowest BCUT2D eigenvalue weighted by Gasteiger charge is -2.31. The molecule has 7 nitrogen and oxygen atoms in total. The lowest BCUT2D eigenvalue weighted by Crippen LogP contribution is -2.43. The van der Waals surface area contributed by atoms with Crippen molar-refractivity contribution in [2.45, 2.75) is 56.8 Å². The van der Waals surface area contributed by atoms with E-state index in [1.807, 2.05) is 0 Å². The molecule has 3 N–H and O–H groups in total. The van der Waals surface area contributed by atoms with Gasteiger partial charge >= 0.3 is 13.1 Å². The third-order valence-electron chi connectivity index (χ3n) is 6.52. The van der Waals surface area contributed by atoms with Crippen molar-refractivity contribution in [1.82, 2.24) is 5.32 Å². The molecule has 1 aliphatic carbocycles. The van der Waals surface area contributed by atoms with Crippen molar-refractivity contribution < 1.29 is 28.9 Å². The number of para-hydroxylation sites is 1. The Kier molecular flexibility index (Phi) is 7.78. The number of nitrogens with one attached hydrogen (secondary N) is 1. The number of benzene rings is 1. The summed E-state index contributed by atoms with van der Waals surface area (Å²) in [6.07, 6.45) is 5.60. The molecule has 0 saturated heterocycles. The fraction of sp³-hybridized carbons (Fsp3) is 0.652. The Morgan fingerprint density at radius 2 is 1.87 bits per heavy atom. The molecule has 31 heavy (non-hydrogen) atoms. The van der Waals surface area contributed by atoms with Crippen molar-refractivity contribution in [3.8, 4) is 5.75 Å². The van der Waals surface area contributed by atoms with E-state index in [4.69, 9.17) is 4.65 Å². The van der Waals surface area contributed by atoms with E-state index >= 15 is 0 Å². The molecule has 1 fully saturated rings. The van der Waals surface area contributed by atoms with Crippen molar-refractivity contribution in [2.24, 2.45) is 5.92 Å². The Hall–Kier alpha value is -1.90. The molecule has 1 aromatic rings. The summed E-state index contributed by atoms with van der Waals surface area (Å²) in [6.45, 7) is 2.11. The van der Waals surface area contributed by atoms with Crippen LogP contribution in [0.4, 0.5) is 0 Å². The topological polar surface area (TPSA) is 95.9 Å². The van der Waals surface area contributed by atoms with Crippen LogP contribution in [0.2, 0.25) is 5.82 Å². The summed E-state index contributed by atoms with van der Waals surface area (Å²) in [5.74, 6) is -0.621. The zero-order chi connectivity index (χ0) is 22.6. The van der Waals surface area contributed by atoms with Gasteiger partial charge in [0.25, 0.3) is 0 Å². The molecule has 1 aliphatic heterocycles. The van der Waals surface area contributed by atoms with E-state index in [1.54, 1.807) is 12.1 Å². The second kappa shape index (κ2) is 10.1. The summed E-state index contributed by atoms with van der Waals surface area (Å²) in [7, 11) is 5.44. The lowest BCUT2D eigenvalue weighted by atomic mass is 9.64. The molecular formula is C23H36BN2O5+. The van der Waals surface area contributed by atoms with Gasteiger partial charge in [-0.25, -0.2) is 4.79 Å². The van der Waals surface area contributed by atoms with E-state index < -0.39 is 13.1 Å². The van der Waals surface area contributed by atoms with Gasteiger partial charge in [0.05, 0.1) is 33.3 Å². The molecule has 0 unspecified atom stereocenters. The van der Waals surface area contributed by atoms with Gasteiger partial charge < -0.3 is 24.6 Å². The molecule has 1 heterocycles. The van der Waals surface area contributed by atoms with E-state index in [-0.39, 0.29) is 29.3 Å². The summed E-state index contributed by atoms with van der Waals surface area (Å²) >= 11 is 0. The number of hydrogen-bond donors (Lipinski definition) is 3. The quantitative estimate of drug-likeness (QED) is 0.411. The van der Waals surface area contributed by atoms with Gasteiger partial charge in [0.15, 0.2) is 0 Å². The van der Waals surface area contributed by atoms with Gasteiger partial charge in [-0.2, -0.15) is 0 Å². The van der Waals surface area contributed by atoms with Crippen molar-refractivity contribution in [2.75, 3.05) is 34.2 Å². The van der Waals surface area contributed by atoms with Crippen molar-refractivity contribution in [3.63, 3.8) is 0 Å². The number of hydrogen-bond acceptors (Lipinski definition) is 5. The number of quaternary nitrogens is 1. The maximum Gasteiger partial charge on any atom is 0.526 e. The van der Waals surface area contributed by atoms with Gasteiger partial charge in [-0.05, 0) is 49.7 Å². The van der Waals surface area contributed by atoms with E-state index in [9.17, 15) is 19.7 Å². The predicted octanol–water partition coefficient (Wildman–Crippen LogP) is 2.37. The first kappa shape index (κ1) is 23.8. The van der Waals surface area contributed by atoms with E-state index in [1.165, 1.54) is 6.07 Å². The van der Waals surface area contributed by atoms with Gasteiger partial charge in [-0.3, -0.25) is 4.79 Å². The largest absolute Gasteiger partial charge is 0.535 e. The lowest BCUT2D eigenvalue weighted by molar-refractivity contribution is -0.869. The van der Waals surface area contributed by atoms with Crippen LogP contribution in [0.25, 0.3) is 0 Å². The Morgan fingerprint density at radius 1 is 1.16 bits per heavy atom. The summed E-state index contributed by atoms with van der Waals surface area (Å²) in [5, 5.41) is 23.3. The van der Waals surface area contributed by atoms with Crippen LogP contribution in [0.5, 0.6) is 5.75 Å². The van der Waals surface area contributed by atoms with Crippen LogP contribution >= 0.6 is 0 Å². The molecule has 8 heteroatoms. The first-order chi connectivity index (χ1) is 14.6. The highest BCUT2D eigenvalue weighted by Gasteiger charge is 2.38. The monoisotopic (exact) mass is 431 g/mol. The molecule has 0 aromatic heterocycles. The molecule has 1 atom stereocenters. The number of carbonyl (C=O) groups is 2. The van der Waals surface area contributed by atoms with Crippen LogP contribution < -0.4 is 9.97 Å². The number of aromatic carboxylic acids is 1. The van der Waals surface area contributed by atoms with Crippen molar-refractivity contribution >= 4 is 18.9 Å². The SMILES string of the molecule is C[N+](C)(C)CCNC1CCC(CC(=O)C[C@H]2Cc3cccc(C(=O)O)c3OB2O)CC1. The Morgan fingerprint density at radius 3 is 2.52 bits per heavy atom. The molecule has 2 aliphatic rings. The van der Waals surface area contributed by atoms with Crippen LogP contribution in [0.3, 0.4) is 0 Å². The first-order valence-corrected chi connectivity index (χ1v) is 11.4. The highest BCUT2D eigenvalue weighted by atomic mass is 16.5. The van der Waals surface area contributed by atoms with Crippen LogP contribution in [0.15, 0.2) is 18.2 Å². The second-order valence-electron chi connectivity index (χ2n) is 10.2. The van der Waals surface area contributed by atoms with E-state index in [0.717, 1.165) is 48.8 Å². The number of carbonyl (C=O) groups excluding carboxylic acids is 1. The maximum atomic E-state index is 12.7. The number of fused-ring (bicyclic) bond motifs is 1. The Labute approximate surface area is 185 Å². The van der Waals surface area contributed by atoms with Crippen molar-refractivity contribution in [3.05, 3.63) is 29.3 Å². The van der Waals surface area contributed by atoms with Crippen LogP contribution in [0.1, 0.15) is 54.4 Å². The second-order valence-corrected chi connectivity index (χ2v) is 10.2. The van der Waals surface area contributed by atoms with Gasteiger partial charge in [0, 0.05) is 31.2 Å². The summed E-state index contributed by atoms with van der Waals surface area (Å²) in [4.78, 5) is 24.1. The molecule has 0 radical (unpaired) electrons. The molecule has 0 bridgehead atoms. The number of Topliss-reactive ketones (excluding diaryl/α,β-unsaturated/α-hetero) is 1. The molecule has 0 amide bonds. The highest BCUT2D eigenvalue weighted by Crippen LogP contribution is 2.37. The molecular weight excluding hydrogens is 395 g/mol. The van der Waals surface area contributed by atoms with Gasteiger partial charge in [-0.1, -0.05) is 12.1 Å². The summed E-state index contributed by atoms with van der Waals surface area (Å²) in [5.41, 5.74) is 0.789. The Bertz CT molecular complexity index is 787. The van der Waals surface area contributed by atoms with Crippen LogP contribution in [0, 0.1) is 5.92 Å². The zero-order valence-corrected chi connectivity index (χ0v) is 19.0. The Balaban J connectivity index is 1.44. The molecule has 0 spiro atoms. The zero-order valence-electron chi connectivity index (χ0n) is 19.0. The fourth-order valence-corrected chi connectivity index (χ4v) is 4.70. The smallest absolute Gasteiger partial charge is 0.526 e. The third-order valence-corrected chi connectivity index (χ3v) is 6.52. The minimum absolute atomic E-state index is 0.0492. The van der Waals surface area contributed by atoms with E-state index in [2.05, 4.69) is 26.5 Å². The van der Waals surface area contributed by atoms with Crippen LogP contribution in [-0.4, -0.2) is 73.8 Å². The first-order valence-electron chi connectivity index (χ1n) is 11.4. The predicted molar refractivity (Wildman–Crippen MR) is 120 cm³/mol.